The van der Waals surface area contributed by atoms with Crippen molar-refractivity contribution in [1.29, 1.82) is 0 Å². The number of nitrogens with one attached hydrogen (secondary N) is 1. The van der Waals surface area contributed by atoms with Crippen molar-refractivity contribution in [3.63, 3.8) is 0 Å². The zero-order valence-electron chi connectivity index (χ0n) is 12.8. The Labute approximate surface area is 136 Å². The van der Waals surface area contributed by atoms with Gasteiger partial charge in [-0.3, -0.25) is 14.7 Å². The Morgan fingerprint density at radius 1 is 1.33 bits per heavy atom. The minimum atomic E-state index is -4.76. The van der Waals surface area contributed by atoms with Crippen LogP contribution >= 0.6 is 7.60 Å². The fraction of sp³-hybridized carbons (Fsp3) is 0.538. The maximum Gasteiger partial charge on any atom is 0.416 e. The molecule has 136 valence electrons. The van der Waals surface area contributed by atoms with Crippen molar-refractivity contribution in [3.05, 3.63) is 33.9 Å². The Kier molecular flexibility index (Phi) is 6.76. The molecule has 0 aliphatic carbocycles. The van der Waals surface area contributed by atoms with Gasteiger partial charge in [0, 0.05) is 6.07 Å². The fourth-order valence-electron chi connectivity index (χ4n) is 2.07. The van der Waals surface area contributed by atoms with Gasteiger partial charge in [0.25, 0.3) is 5.69 Å². The predicted octanol–water partition coefficient (Wildman–Crippen LogP) is 4.11. The lowest BCUT2D eigenvalue weighted by Crippen LogP contribution is -2.20. The van der Waals surface area contributed by atoms with E-state index in [2.05, 4.69) is 5.32 Å². The average Bonchev–Trinajstić information content (AvgIpc) is 2.44. The summed E-state index contributed by atoms with van der Waals surface area (Å²) in [6.07, 6.45) is -2.75. The first-order chi connectivity index (χ1) is 11.0. The largest absolute Gasteiger partial charge is 0.416 e. The Morgan fingerprint density at radius 2 is 1.96 bits per heavy atom. The number of nitro groups is 1. The van der Waals surface area contributed by atoms with Crippen LogP contribution in [0.5, 0.6) is 0 Å². The molecule has 24 heavy (non-hydrogen) atoms. The van der Waals surface area contributed by atoms with Crippen molar-refractivity contribution in [3.8, 4) is 0 Å². The van der Waals surface area contributed by atoms with Crippen molar-refractivity contribution in [1.82, 2.24) is 0 Å². The molecule has 0 aliphatic heterocycles. The minimum absolute atomic E-state index is 0.0380. The van der Waals surface area contributed by atoms with Crippen molar-refractivity contribution in [2.75, 3.05) is 5.32 Å². The van der Waals surface area contributed by atoms with Crippen LogP contribution in [0.2, 0.25) is 0 Å². The molecule has 1 aromatic rings. The summed E-state index contributed by atoms with van der Waals surface area (Å²) in [5.74, 6) is -1.40. The average molecular weight is 370 g/mol. The summed E-state index contributed by atoms with van der Waals surface area (Å²) in [5.41, 5.74) is -2.46. The van der Waals surface area contributed by atoms with E-state index in [1.807, 2.05) is 6.92 Å². The summed E-state index contributed by atoms with van der Waals surface area (Å²) in [6, 6.07) is 1.77. The molecule has 1 atom stereocenters. The van der Waals surface area contributed by atoms with Gasteiger partial charge in [-0.1, -0.05) is 26.2 Å². The summed E-state index contributed by atoms with van der Waals surface area (Å²) in [5, 5.41) is 13.3. The number of rotatable bonds is 8. The van der Waals surface area contributed by atoms with E-state index in [0.717, 1.165) is 12.5 Å². The third kappa shape index (κ3) is 5.77. The first-order valence-electron chi connectivity index (χ1n) is 7.14. The summed E-state index contributed by atoms with van der Waals surface area (Å²) in [6.45, 7) is 1.89. The van der Waals surface area contributed by atoms with E-state index in [0.29, 0.717) is 25.0 Å². The molecule has 7 nitrogen and oxygen atoms in total. The summed E-state index contributed by atoms with van der Waals surface area (Å²) in [4.78, 5) is 28.7. The van der Waals surface area contributed by atoms with E-state index in [-0.39, 0.29) is 12.1 Å². The van der Waals surface area contributed by atoms with Gasteiger partial charge >= 0.3 is 13.8 Å². The molecule has 0 heterocycles. The molecule has 0 saturated carbocycles. The summed E-state index contributed by atoms with van der Waals surface area (Å²) >= 11 is 0. The van der Waals surface area contributed by atoms with Gasteiger partial charge in [-0.15, -0.1) is 0 Å². The van der Waals surface area contributed by atoms with Crippen LogP contribution in [0.3, 0.4) is 0 Å². The van der Waals surface area contributed by atoms with Gasteiger partial charge in [0.2, 0.25) is 0 Å². The van der Waals surface area contributed by atoms with Crippen molar-refractivity contribution >= 4 is 19.0 Å². The normalized spacial score (nSPS) is 13.6. The van der Waals surface area contributed by atoms with Crippen LogP contribution in [0.4, 0.5) is 24.5 Å². The highest BCUT2D eigenvalue weighted by atomic mass is 31.2. The van der Waals surface area contributed by atoms with Gasteiger partial charge in [-0.05, 0) is 18.6 Å². The predicted molar refractivity (Wildman–Crippen MR) is 81.7 cm³/mol. The highest BCUT2D eigenvalue weighted by molar-refractivity contribution is 7.52. The van der Waals surface area contributed by atoms with Crippen molar-refractivity contribution in [2.45, 2.75) is 44.6 Å². The SMILES string of the molecule is CCCCCC(Nc1ccc(C(F)(F)F)cc1[N+](=O)[O-])P(=O)(O)O. The van der Waals surface area contributed by atoms with E-state index < -0.39 is 35.7 Å². The number of halogens is 3. The monoisotopic (exact) mass is 370 g/mol. The van der Waals surface area contributed by atoms with Crippen LogP contribution in [-0.4, -0.2) is 20.5 Å². The molecule has 0 spiro atoms. The molecule has 1 unspecified atom stereocenters. The molecular weight excluding hydrogens is 352 g/mol. The van der Waals surface area contributed by atoms with E-state index in [1.165, 1.54) is 0 Å². The van der Waals surface area contributed by atoms with Crippen LogP contribution in [0.15, 0.2) is 18.2 Å². The number of nitro benzene ring substituents is 1. The van der Waals surface area contributed by atoms with Gasteiger partial charge in [0.15, 0.2) is 0 Å². The summed E-state index contributed by atoms with van der Waals surface area (Å²) in [7, 11) is -4.63. The van der Waals surface area contributed by atoms with Gasteiger partial charge < -0.3 is 15.1 Å². The van der Waals surface area contributed by atoms with E-state index in [9.17, 15) is 37.6 Å². The maximum absolute atomic E-state index is 12.7. The van der Waals surface area contributed by atoms with Crippen molar-refractivity contribution in [2.24, 2.45) is 0 Å². The van der Waals surface area contributed by atoms with E-state index in [1.54, 1.807) is 0 Å². The number of hydrogen-bond donors (Lipinski definition) is 3. The van der Waals surface area contributed by atoms with Gasteiger partial charge in [0.1, 0.15) is 11.5 Å². The molecule has 0 saturated heterocycles. The quantitative estimate of drug-likeness (QED) is 0.275. The zero-order valence-corrected chi connectivity index (χ0v) is 13.7. The molecular formula is C13H18F3N2O5P. The first kappa shape index (κ1) is 20.4. The van der Waals surface area contributed by atoms with Crippen LogP contribution in [-0.2, 0) is 10.7 Å². The lowest BCUT2D eigenvalue weighted by Gasteiger charge is -2.21. The van der Waals surface area contributed by atoms with Crippen LogP contribution < -0.4 is 5.32 Å². The van der Waals surface area contributed by atoms with E-state index in [4.69, 9.17) is 0 Å². The fourth-order valence-corrected chi connectivity index (χ4v) is 2.90. The molecule has 0 amide bonds. The zero-order chi connectivity index (χ0) is 18.5. The minimum Gasteiger partial charge on any atom is -0.366 e. The number of nitrogens with zero attached hydrogens (tertiary/aromatic N) is 1. The number of unbranched alkanes of at least 4 members (excludes halogenated alkanes) is 2. The number of hydrogen-bond acceptors (Lipinski definition) is 4. The third-order valence-corrected chi connectivity index (χ3v) is 4.53. The maximum atomic E-state index is 12.7. The summed E-state index contributed by atoms with van der Waals surface area (Å²) < 4.78 is 49.5. The molecule has 0 aliphatic rings. The Morgan fingerprint density at radius 3 is 2.42 bits per heavy atom. The van der Waals surface area contributed by atoms with Crippen LogP contribution in [0.1, 0.15) is 38.2 Å². The molecule has 0 aromatic heterocycles. The Balaban J connectivity index is 3.14. The second-order valence-corrected chi connectivity index (χ2v) is 7.03. The van der Waals surface area contributed by atoms with Crippen LogP contribution in [0, 0.1) is 10.1 Å². The molecule has 0 bridgehead atoms. The molecule has 1 aromatic carbocycles. The lowest BCUT2D eigenvalue weighted by atomic mass is 10.1. The highest BCUT2D eigenvalue weighted by Crippen LogP contribution is 2.45. The Hall–Kier alpha value is -1.64. The smallest absolute Gasteiger partial charge is 0.366 e. The molecule has 3 N–H and O–H groups in total. The highest BCUT2D eigenvalue weighted by Gasteiger charge is 2.35. The number of anilines is 1. The molecule has 11 heteroatoms. The Bertz CT molecular complexity index is 633. The number of benzene rings is 1. The second-order valence-electron chi connectivity index (χ2n) is 5.23. The second kappa shape index (κ2) is 7.96. The molecule has 1 rings (SSSR count). The van der Waals surface area contributed by atoms with Crippen molar-refractivity contribution < 1.29 is 32.4 Å². The van der Waals surface area contributed by atoms with Gasteiger partial charge in [-0.2, -0.15) is 13.2 Å². The first-order valence-corrected chi connectivity index (χ1v) is 8.82. The standard InChI is InChI=1S/C13H18F3N2O5P/c1-2-3-4-5-12(24(21,22)23)17-10-7-6-9(13(14,15)16)8-11(10)18(19)20/h6-8,12,17H,2-5H2,1H3,(H2,21,22,23). The van der Waals surface area contributed by atoms with E-state index >= 15 is 0 Å². The molecule has 0 radical (unpaired) electrons. The topological polar surface area (TPSA) is 113 Å². The number of alkyl halides is 3. The third-order valence-electron chi connectivity index (χ3n) is 3.33. The van der Waals surface area contributed by atoms with Crippen LogP contribution in [0.25, 0.3) is 0 Å². The lowest BCUT2D eigenvalue weighted by molar-refractivity contribution is -0.384. The van der Waals surface area contributed by atoms with Gasteiger partial charge in [-0.25, -0.2) is 0 Å². The van der Waals surface area contributed by atoms with Gasteiger partial charge in [0.05, 0.1) is 10.5 Å². The molecule has 0 fully saturated rings.